The van der Waals surface area contributed by atoms with E-state index in [1.165, 1.54) is 56.9 Å². The molecule has 1 aliphatic heterocycles. The number of amides is 1. The first-order valence-electron chi connectivity index (χ1n) is 10.3. The van der Waals surface area contributed by atoms with Crippen molar-refractivity contribution in [2.45, 2.75) is 77.7 Å². The normalized spacial score (nSPS) is 17.7. The van der Waals surface area contributed by atoms with E-state index in [9.17, 15) is 4.79 Å². The standard InChI is InChI=1S/C22H36N2O/c1-3-4-5-6-7-8-9-10-11-20-12-14-21(15-13-20)22(25)24-17-16-23-18-19(24)2/h12-15,19,23H,3-11,16-18H2,1-2H3. The minimum absolute atomic E-state index is 0.174. The van der Waals surface area contributed by atoms with Crippen molar-refractivity contribution in [1.29, 1.82) is 0 Å². The summed E-state index contributed by atoms with van der Waals surface area (Å²) in [5.41, 5.74) is 2.18. The fourth-order valence-electron chi connectivity index (χ4n) is 3.59. The number of carbonyl (C=O) groups excluding carboxylic acids is 1. The van der Waals surface area contributed by atoms with Gasteiger partial charge in [0, 0.05) is 31.2 Å². The molecule has 25 heavy (non-hydrogen) atoms. The van der Waals surface area contributed by atoms with Crippen LogP contribution in [-0.2, 0) is 6.42 Å². The molecule has 1 amide bonds. The molecule has 1 aromatic rings. The second kappa shape index (κ2) is 11.3. The highest BCUT2D eigenvalue weighted by atomic mass is 16.2. The molecule has 1 aliphatic rings. The van der Waals surface area contributed by atoms with Crippen LogP contribution in [0.3, 0.4) is 0 Å². The third-order valence-electron chi connectivity index (χ3n) is 5.28. The Balaban J connectivity index is 1.68. The predicted octanol–water partition coefficient (Wildman–Crippen LogP) is 4.80. The van der Waals surface area contributed by atoms with Crippen molar-refractivity contribution in [3.8, 4) is 0 Å². The number of benzene rings is 1. The molecule has 1 heterocycles. The van der Waals surface area contributed by atoms with Crippen LogP contribution in [0.25, 0.3) is 0 Å². The molecule has 1 N–H and O–H groups in total. The van der Waals surface area contributed by atoms with Gasteiger partial charge in [0.05, 0.1) is 0 Å². The molecule has 140 valence electrons. The molecular formula is C22H36N2O. The van der Waals surface area contributed by atoms with Crippen molar-refractivity contribution < 1.29 is 4.79 Å². The van der Waals surface area contributed by atoms with Crippen molar-refractivity contribution in [1.82, 2.24) is 10.2 Å². The van der Waals surface area contributed by atoms with Gasteiger partial charge in [0.1, 0.15) is 0 Å². The van der Waals surface area contributed by atoms with Crippen LogP contribution in [-0.4, -0.2) is 36.5 Å². The Morgan fingerprint density at radius 3 is 2.32 bits per heavy atom. The highest BCUT2D eigenvalue weighted by molar-refractivity contribution is 5.94. The molecule has 1 saturated heterocycles. The lowest BCUT2D eigenvalue weighted by Crippen LogP contribution is -2.52. The maximum atomic E-state index is 12.6. The zero-order valence-corrected chi connectivity index (χ0v) is 16.2. The van der Waals surface area contributed by atoms with E-state index >= 15 is 0 Å². The van der Waals surface area contributed by atoms with Crippen LogP contribution in [0.4, 0.5) is 0 Å². The van der Waals surface area contributed by atoms with E-state index in [1.54, 1.807) is 0 Å². The number of unbranched alkanes of at least 4 members (excludes halogenated alkanes) is 7. The molecule has 0 aromatic heterocycles. The fourth-order valence-corrected chi connectivity index (χ4v) is 3.59. The quantitative estimate of drug-likeness (QED) is 0.618. The third kappa shape index (κ3) is 6.81. The molecular weight excluding hydrogens is 308 g/mol. The number of carbonyl (C=O) groups is 1. The molecule has 1 fully saturated rings. The van der Waals surface area contributed by atoms with Gasteiger partial charge in [0.25, 0.3) is 5.91 Å². The highest BCUT2D eigenvalue weighted by Crippen LogP contribution is 2.14. The van der Waals surface area contributed by atoms with Gasteiger partial charge in [-0.25, -0.2) is 0 Å². The summed E-state index contributed by atoms with van der Waals surface area (Å²) < 4.78 is 0. The summed E-state index contributed by atoms with van der Waals surface area (Å²) >= 11 is 0. The lowest BCUT2D eigenvalue weighted by Gasteiger charge is -2.34. The first kappa shape index (κ1) is 20.0. The average molecular weight is 345 g/mol. The molecule has 1 unspecified atom stereocenters. The van der Waals surface area contributed by atoms with Gasteiger partial charge in [-0.3, -0.25) is 4.79 Å². The van der Waals surface area contributed by atoms with Gasteiger partial charge in [-0.2, -0.15) is 0 Å². The molecule has 0 radical (unpaired) electrons. The maximum Gasteiger partial charge on any atom is 0.254 e. The molecule has 1 aromatic carbocycles. The Labute approximate surface area is 154 Å². The summed E-state index contributed by atoms with van der Waals surface area (Å²) in [6.07, 6.45) is 12.0. The van der Waals surface area contributed by atoms with Crippen LogP contribution < -0.4 is 5.32 Å². The number of piperazine rings is 1. The Morgan fingerprint density at radius 1 is 1.04 bits per heavy atom. The Hall–Kier alpha value is -1.35. The average Bonchev–Trinajstić information content (AvgIpc) is 2.64. The zero-order chi connectivity index (χ0) is 17.9. The van der Waals surface area contributed by atoms with Crippen LogP contribution in [0.2, 0.25) is 0 Å². The summed E-state index contributed by atoms with van der Waals surface area (Å²) in [5.74, 6) is 0.174. The van der Waals surface area contributed by atoms with Gasteiger partial charge < -0.3 is 10.2 Å². The Bertz CT molecular complexity index is 497. The number of hydrogen-bond donors (Lipinski definition) is 1. The van der Waals surface area contributed by atoms with Crippen LogP contribution in [0, 0.1) is 0 Å². The van der Waals surface area contributed by atoms with Gasteiger partial charge in [-0.05, 0) is 37.5 Å². The van der Waals surface area contributed by atoms with E-state index in [-0.39, 0.29) is 11.9 Å². The molecule has 3 heteroatoms. The van der Waals surface area contributed by atoms with Crippen molar-refractivity contribution in [3.05, 3.63) is 35.4 Å². The highest BCUT2D eigenvalue weighted by Gasteiger charge is 2.23. The summed E-state index contributed by atoms with van der Waals surface area (Å²) in [5, 5.41) is 3.33. The lowest BCUT2D eigenvalue weighted by atomic mass is 10.0. The maximum absolute atomic E-state index is 12.6. The monoisotopic (exact) mass is 344 g/mol. The van der Waals surface area contributed by atoms with Crippen LogP contribution in [0.5, 0.6) is 0 Å². The third-order valence-corrected chi connectivity index (χ3v) is 5.28. The van der Waals surface area contributed by atoms with Crippen LogP contribution >= 0.6 is 0 Å². The SMILES string of the molecule is CCCCCCCCCCc1ccc(C(=O)N2CCNCC2C)cc1. The van der Waals surface area contributed by atoms with Crippen LogP contribution in [0.1, 0.15) is 81.1 Å². The van der Waals surface area contributed by atoms with Crippen molar-refractivity contribution >= 4 is 5.91 Å². The predicted molar refractivity (Wildman–Crippen MR) is 106 cm³/mol. The zero-order valence-electron chi connectivity index (χ0n) is 16.2. The van der Waals surface area contributed by atoms with Crippen molar-refractivity contribution in [3.63, 3.8) is 0 Å². The summed E-state index contributed by atoms with van der Waals surface area (Å²) in [6, 6.07) is 8.58. The summed E-state index contributed by atoms with van der Waals surface area (Å²) in [4.78, 5) is 14.6. The smallest absolute Gasteiger partial charge is 0.254 e. The second-order valence-electron chi connectivity index (χ2n) is 7.47. The van der Waals surface area contributed by atoms with Crippen molar-refractivity contribution in [2.75, 3.05) is 19.6 Å². The van der Waals surface area contributed by atoms with E-state index in [0.717, 1.165) is 31.6 Å². The molecule has 0 bridgehead atoms. The number of nitrogens with zero attached hydrogens (tertiary/aromatic N) is 1. The van der Waals surface area contributed by atoms with Crippen LogP contribution in [0.15, 0.2) is 24.3 Å². The van der Waals surface area contributed by atoms with Gasteiger partial charge in [-0.15, -0.1) is 0 Å². The molecule has 0 saturated carbocycles. The van der Waals surface area contributed by atoms with E-state index in [2.05, 4.69) is 31.3 Å². The minimum Gasteiger partial charge on any atom is -0.333 e. The van der Waals surface area contributed by atoms with Gasteiger partial charge in [0.15, 0.2) is 0 Å². The molecule has 2 rings (SSSR count). The van der Waals surface area contributed by atoms with E-state index in [0.29, 0.717) is 0 Å². The minimum atomic E-state index is 0.174. The number of rotatable bonds is 10. The lowest BCUT2D eigenvalue weighted by molar-refractivity contribution is 0.0656. The topological polar surface area (TPSA) is 32.3 Å². The molecule has 0 spiro atoms. The van der Waals surface area contributed by atoms with Gasteiger partial charge in [0.2, 0.25) is 0 Å². The Morgan fingerprint density at radius 2 is 1.68 bits per heavy atom. The molecule has 3 nitrogen and oxygen atoms in total. The Kier molecular flexibility index (Phi) is 9.03. The number of nitrogens with one attached hydrogen (secondary N) is 1. The molecule has 1 atom stereocenters. The van der Waals surface area contributed by atoms with E-state index < -0.39 is 0 Å². The first-order chi connectivity index (χ1) is 12.2. The van der Waals surface area contributed by atoms with Gasteiger partial charge in [-0.1, -0.05) is 64.0 Å². The second-order valence-corrected chi connectivity index (χ2v) is 7.47. The first-order valence-corrected chi connectivity index (χ1v) is 10.3. The fraction of sp³-hybridized carbons (Fsp3) is 0.682. The van der Waals surface area contributed by atoms with Gasteiger partial charge >= 0.3 is 0 Å². The summed E-state index contributed by atoms with van der Waals surface area (Å²) in [7, 11) is 0. The number of hydrogen-bond acceptors (Lipinski definition) is 2. The largest absolute Gasteiger partial charge is 0.333 e. The molecule has 0 aliphatic carbocycles. The number of aryl methyl sites for hydroxylation is 1. The van der Waals surface area contributed by atoms with Crippen molar-refractivity contribution in [2.24, 2.45) is 0 Å². The van der Waals surface area contributed by atoms with E-state index in [1.807, 2.05) is 17.0 Å². The van der Waals surface area contributed by atoms with E-state index in [4.69, 9.17) is 0 Å². The summed E-state index contributed by atoms with van der Waals surface area (Å²) in [6.45, 7) is 6.97.